The first-order chi connectivity index (χ1) is 10.7. The van der Waals surface area contributed by atoms with Gasteiger partial charge in [0.15, 0.2) is 5.65 Å². The van der Waals surface area contributed by atoms with Crippen LogP contribution in [-0.4, -0.2) is 31.9 Å². The molecule has 0 saturated heterocycles. The Morgan fingerprint density at radius 1 is 1.41 bits per heavy atom. The van der Waals surface area contributed by atoms with Crippen molar-refractivity contribution in [3.63, 3.8) is 0 Å². The van der Waals surface area contributed by atoms with E-state index in [-0.39, 0.29) is 11.5 Å². The van der Waals surface area contributed by atoms with Crippen molar-refractivity contribution in [1.82, 2.24) is 19.5 Å². The summed E-state index contributed by atoms with van der Waals surface area (Å²) in [6.45, 7) is 0.983. The van der Waals surface area contributed by atoms with Crippen LogP contribution in [0.3, 0.4) is 0 Å². The molecule has 0 spiro atoms. The average molecular weight is 314 g/mol. The fourth-order valence-electron chi connectivity index (χ4n) is 2.82. The second-order valence-corrected chi connectivity index (χ2v) is 6.35. The molecule has 4 rings (SSSR count). The highest BCUT2D eigenvalue weighted by Gasteiger charge is 2.25. The van der Waals surface area contributed by atoms with Gasteiger partial charge in [0.25, 0.3) is 5.56 Å². The van der Waals surface area contributed by atoms with Crippen LogP contribution in [0.5, 0.6) is 0 Å². The SMILES string of the molecule is O=C(Cc1cccs1)N1CCc2c(nc3cc[nH]n3c2=O)C1. The molecule has 6 nitrogen and oxygen atoms in total. The number of carbonyl (C=O) groups excluding carboxylic acids is 1. The first-order valence-corrected chi connectivity index (χ1v) is 7.98. The molecule has 1 N–H and O–H groups in total. The highest BCUT2D eigenvalue weighted by molar-refractivity contribution is 7.10. The minimum atomic E-state index is -0.0599. The number of aromatic amines is 1. The van der Waals surface area contributed by atoms with Gasteiger partial charge in [-0.1, -0.05) is 6.07 Å². The van der Waals surface area contributed by atoms with Gasteiger partial charge in [0, 0.05) is 29.2 Å². The van der Waals surface area contributed by atoms with Crippen molar-refractivity contribution in [1.29, 1.82) is 0 Å². The number of hydrogen-bond acceptors (Lipinski definition) is 4. The van der Waals surface area contributed by atoms with E-state index in [1.807, 2.05) is 17.5 Å². The molecular weight excluding hydrogens is 300 g/mol. The molecule has 0 unspecified atom stereocenters. The van der Waals surface area contributed by atoms with Crippen molar-refractivity contribution in [2.75, 3.05) is 6.54 Å². The zero-order valence-corrected chi connectivity index (χ0v) is 12.6. The summed E-state index contributed by atoms with van der Waals surface area (Å²) < 4.78 is 1.45. The van der Waals surface area contributed by atoms with E-state index in [0.29, 0.717) is 37.1 Å². The third-order valence-electron chi connectivity index (χ3n) is 3.95. The van der Waals surface area contributed by atoms with Crippen molar-refractivity contribution in [3.05, 3.63) is 56.3 Å². The lowest BCUT2D eigenvalue weighted by atomic mass is 10.1. The zero-order valence-electron chi connectivity index (χ0n) is 11.8. The van der Waals surface area contributed by atoms with E-state index in [2.05, 4.69) is 10.1 Å². The number of H-pyrrole nitrogens is 1. The first-order valence-electron chi connectivity index (χ1n) is 7.10. The number of hydrogen-bond donors (Lipinski definition) is 1. The number of amides is 1. The Kier molecular flexibility index (Phi) is 3.07. The highest BCUT2D eigenvalue weighted by atomic mass is 32.1. The summed E-state index contributed by atoms with van der Waals surface area (Å²) in [4.78, 5) is 32.1. The van der Waals surface area contributed by atoms with Gasteiger partial charge >= 0.3 is 0 Å². The topological polar surface area (TPSA) is 70.5 Å². The maximum atomic E-state index is 12.4. The maximum Gasteiger partial charge on any atom is 0.276 e. The number of rotatable bonds is 2. The predicted octanol–water partition coefficient (Wildman–Crippen LogP) is 1.21. The highest BCUT2D eigenvalue weighted by Crippen LogP contribution is 2.17. The lowest BCUT2D eigenvalue weighted by molar-refractivity contribution is -0.131. The molecule has 0 fully saturated rings. The van der Waals surface area contributed by atoms with Gasteiger partial charge in [0.1, 0.15) is 0 Å². The van der Waals surface area contributed by atoms with Gasteiger partial charge < -0.3 is 4.90 Å². The smallest absolute Gasteiger partial charge is 0.276 e. The Hall–Kier alpha value is -2.41. The fourth-order valence-corrected chi connectivity index (χ4v) is 3.51. The van der Waals surface area contributed by atoms with Crippen molar-refractivity contribution in [3.8, 4) is 0 Å². The van der Waals surface area contributed by atoms with E-state index in [1.54, 1.807) is 28.5 Å². The van der Waals surface area contributed by atoms with Crippen molar-refractivity contribution in [2.45, 2.75) is 19.4 Å². The summed E-state index contributed by atoms with van der Waals surface area (Å²) in [6.07, 6.45) is 2.66. The molecule has 22 heavy (non-hydrogen) atoms. The van der Waals surface area contributed by atoms with E-state index in [1.165, 1.54) is 4.52 Å². The van der Waals surface area contributed by atoms with Gasteiger partial charge in [-0.05, 0) is 17.9 Å². The van der Waals surface area contributed by atoms with Gasteiger partial charge in [-0.25, -0.2) is 9.50 Å². The van der Waals surface area contributed by atoms with Gasteiger partial charge in [-0.3, -0.25) is 14.7 Å². The number of fused-ring (bicyclic) bond motifs is 2. The van der Waals surface area contributed by atoms with E-state index in [4.69, 9.17) is 0 Å². The molecule has 0 aromatic carbocycles. The Balaban J connectivity index is 1.62. The third-order valence-corrected chi connectivity index (χ3v) is 4.83. The van der Waals surface area contributed by atoms with Crippen LogP contribution in [0.4, 0.5) is 0 Å². The summed E-state index contributed by atoms with van der Waals surface area (Å²) in [5.41, 5.74) is 1.96. The average Bonchev–Trinajstić information content (AvgIpc) is 3.18. The van der Waals surface area contributed by atoms with Gasteiger partial charge in [-0.15, -0.1) is 11.3 Å². The van der Waals surface area contributed by atoms with E-state index in [0.717, 1.165) is 10.6 Å². The monoisotopic (exact) mass is 314 g/mol. The minimum Gasteiger partial charge on any atom is -0.336 e. The molecule has 0 radical (unpaired) electrons. The molecule has 7 heteroatoms. The Labute approximate surface area is 130 Å². The number of carbonyl (C=O) groups is 1. The summed E-state index contributed by atoms with van der Waals surface area (Å²) in [5, 5.41) is 4.84. The molecule has 4 heterocycles. The third kappa shape index (κ3) is 2.14. The summed E-state index contributed by atoms with van der Waals surface area (Å²) in [5.74, 6) is 0.0872. The molecule has 3 aromatic rings. The summed E-state index contributed by atoms with van der Waals surface area (Å²) >= 11 is 1.59. The molecule has 0 aliphatic carbocycles. The van der Waals surface area contributed by atoms with Crippen LogP contribution < -0.4 is 5.56 Å². The summed E-state index contributed by atoms with van der Waals surface area (Å²) in [7, 11) is 0. The zero-order chi connectivity index (χ0) is 15.1. The van der Waals surface area contributed by atoms with Crippen molar-refractivity contribution >= 4 is 22.9 Å². The maximum absolute atomic E-state index is 12.4. The quantitative estimate of drug-likeness (QED) is 0.773. The van der Waals surface area contributed by atoms with Crippen LogP contribution in [0, 0.1) is 0 Å². The van der Waals surface area contributed by atoms with E-state index >= 15 is 0 Å². The molecule has 1 aliphatic heterocycles. The van der Waals surface area contributed by atoms with Crippen LogP contribution in [-0.2, 0) is 24.2 Å². The number of nitrogens with zero attached hydrogens (tertiary/aromatic N) is 3. The van der Waals surface area contributed by atoms with Crippen LogP contribution in [0.15, 0.2) is 34.6 Å². The molecule has 1 aliphatic rings. The standard InChI is InChI=1S/C15H14N4O2S/c20-14(8-10-2-1-7-22-10)18-6-4-11-12(9-18)17-13-3-5-16-19(13)15(11)21/h1-3,5,7,16H,4,6,8-9H2. The molecule has 0 bridgehead atoms. The molecule has 112 valence electrons. The summed E-state index contributed by atoms with van der Waals surface area (Å²) in [6, 6.07) is 5.67. The van der Waals surface area contributed by atoms with Crippen LogP contribution in [0.1, 0.15) is 16.1 Å². The second kappa shape index (κ2) is 5.10. The first kappa shape index (κ1) is 13.3. The Morgan fingerprint density at radius 3 is 3.14 bits per heavy atom. The van der Waals surface area contributed by atoms with E-state index < -0.39 is 0 Å². The Morgan fingerprint density at radius 2 is 2.32 bits per heavy atom. The Bertz CT molecular complexity index is 894. The largest absolute Gasteiger partial charge is 0.336 e. The van der Waals surface area contributed by atoms with Crippen molar-refractivity contribution in [2.24, 2.45) is 0 Å². The number of aromatic nitrogens is 3. The predicted molar refractivity (Wildman–Crippen MR) is 83.0 cm³/mol. The molecular formula is C15H14N4O2S. The molecule has 3 aromatic heterocycles. The normalized spacial score (nSPS) is 14.3. The van der Waals surface area contributed by atoms with Gasteiger partial charge in [-0.2, -0.15) is 0 Å². The van der Waals surface area contributed by atoms with Crippen molar-refractivity contribution < 1.29 is 4.79 Å². The second-order valence-electron chi connectivity index (χ2n) is 5.32. The van der Waals surface area contributed by atoms with Crippen LogP contribution >= 0.6 is 11.3 Å². The lowest BCUT2D eigenvalue weighted by Crippen LogP contribution is -2.40. The molecule has 0 atom stereocenters. The minimum absolute atomic E-state index is 0.0599. The number of nitrogens with one attached hydrogen (secondary N) is 1. The molecule has 1 amide bonds. The van der Waals surface area contributed by atoms with Gasteiger partial charge in [0.05, 0.1) is 18.7 Å². The lowest BCUT2D eigenvalue weighted by Gasteiger charge is -2.27. The fraction of sp³-hybridized carbons (Fsp3) is 0.267. The van der Waals surface area contributed by atoms with Crippen LogP contribution in [0.25, 0.3) is 5.65 Å². The van der Waals surface area contributed by atoms with Crippen LogP contribution in [0.2, 0.25) is 0 Å². The number of thiophene rings is 1. The van der Waals surface area contributed by atoms with Gasteiger partial charge in [0.2, 0.25) is 5.91 Å². The molecule has 0 saturated carbocycles. The van der Waals surface area contributed by atoms with E-state index in [9.17, 15) is 9.59 Å².